The topological polar surface area (TPSA) is 24.9 Å². The van der Waals surface area contributed by atoms with Gasteiger partial charge in [0.15, 0.2) is 6.29 Å². The van der Waals surface area contributed by atoms with Crippen LogP contribution >= 0.6 is 23.4 Å². The minimum atomic E-state index is -0.181. The molecule has 166 valence electrons. The van der Waals surface area contributed by atoms with Gasteiger partial charge in [0.25, 0.3) is 0 Å². The van der Waals surface area contributed by atoms with Gasteiger partial charge in [-0.15, -0.1) is 0 Å². The molecule has 3 aliphatic rings. The van der Waals surface area contributed by atoms with Gasteiger partial charge in [0.2, 0.25) is 0 Å². The lowest BCUT2D eigenvalue weighted by Crippen LogP contribution is -2.48. The fourth-order valence-corrected chi connectivity index (χ4v) is 6.07. The van der Waals surface area contributed by atoms with Crippen molar-refractivity contribution in [2.24, 2.45) is 0 Å². The van der Waals surface area contributed by atoms with Crippen molar-refractivity contribution in [2.75, 3.05) is 45.9 Å². The molecule has 0 spiro atoms. The largest absolute Gasteiger partial charge is 0.353 e. The van der Waals surface area contributed by atoms with Gasteiger partial charge < -0.3 is 14.4 Å². The number of hydrogen-bond acceptors (Lipinski definition) is 5. The zero-order chi connectivity index (χ0) is 21.2. The second-order valence-corrected chi connectivity index (χ2v) is 9.97. The van der Waals surface area contributed by atoms with Crippen LogP contribution in [-0.4, -0.2) is 62.0 Å². The van der Waals surface area contributed by atoms with E-state index in [-0.39, 0.29) is 18.1 Å². The van der Waals surface area contributed by atoms with Gasteiger partial charge in [-0.25, -0.2) is 4.39 Å². The third-order valence-corrected chi connectivity index (χ3v) is 7.84. The lowest BCUT2D eigenvalue weighted by molar-refractivity contribution is -0.183. The van der Waals surface area contributed by atoms with Crippen molar-refractivity contribution in [3.8, 4) is 0 Å². The summed E-state index contributed by atoms with van der Waals surface area (Å²) in [6.07, 6.45) is 2.77. The van der Waals surface area contributed by atoms with E-state index < -0.39 is 0 Å². The zero-order valence-electron chi connectivity index (χ0n) is 17.6. The summed E-state index contributed by atoms with van der Waals surface area (Å²) in [6, 6.07) is 11.5. The molecule has 0 aromatic heterocycles. The van der Waals surface area contributed by atoms with Crippen molar-refractivity contribution in [2.45, 2.75) is 41.4 Å². The van der Waals surface area contributed by atoms with Crippen LogP contribution in [0.5, 0.6) is 0 Å². The molecule has 0 bridgehead atoms. The molecule has 5 rings (SSSR count). The Morgan fingerprint density at radius 3 is 2.61 bits per heavy atom. The highest BCUT2D eigenvalue weighted by molar-refractivity contribution is 7.99. The van der Waals surface area contributed by atoms with Crippen LogP contribution in [0.2, 0.25) is 5.02 Å². The maximum atomic E-state index is 14.1. The van der Waals surface area contributed by atoms with Crippen LogP contribution in [0.15, 0.2) is 46.2 Å². The first-order valence-electron chi connectivity index (χ1n) is 11.1. The Kier molecular flexibility index (Phi) is 6.84. The minimum absolute atomic E-state index is 0.0475. The van der Waals surface area contributed by atoms with Crippen molar-refractivity contribution in [3.63, 3.8) is 0 Å². The van der Waals surface area contributed by atoms with Crippen LogP contribution in [0.4, 0.5) is 4.39 Å². The molecular weight excluding hydrogens is 435 g/mol. The Balaban J connectivity index is 1.29. The van der Waals surface area contributed by atoms with E-state index in [1.54, 1.807) is 23.9 Å². The van der Waals surface area contributed by atoms with Crippen molar-refractivity contribution >= 4 is 23.4 Å². The summed E-state index contributed by atoms with van der Waals surface area (Å²) < 4.78 is 25.4. The van der Waals surface area contributed by atoms with E-state index in [9.17, 15) is 4.39 Å². The van der Waals surface area contributed by atoms with Gasteiger partial charge in [0.05, 0.1) is 13.2 Å². The van der Waals surface area contributed by atoms with Crippen LogP contribution in [0.1, 0.15) is 30.0 Å². The number of benzene rings is 2. The third-order valence-electron chi connectivity index (χ3n) is 6.42. The summed E-state index contributed by atoms with van der Waals surface area (Å²) >= 11 is 7.96. The molecule has 31 heavy (non-hydrogen) atoms. The van der Waals surface area contributed by atoms with Crippen LogP contribution in [0.3, 0.4) is 0 Å². The average molecular weight is 463 g/mol. The summed E-state index contributed by atoms with van der Waals surface area (Å²) in [5.41, 5.74) is 2.46. The number of hydrogen-bond donors (Lipinski definition) is 0. The molecule has 7 heteroatoms. The van der Waals surface area contributed by atoms with E-state index in [2.05, 4.69) is 21.9 Å². The number of ether oxygens (including phenoxy) is 2. The van der Waals surface area contributed by atoms with Gasteiger partial charge >= 0.3 is 0 Å². The SMILES string of the molecule is Fc1ccc2c(c1)Sc1ccc(Cl)cc1CC2N1CCN(CCC2OCCCO2)CC1. The molecule has 0 aliphatic carbocycles. The number of rotatable bonds is 4. The summed E-state index contributed by atoms with van der Waals surface area (Å²) in [5, 5.41) is 0.757. The molecule has 3 heterocycles. The summed E-state index contributed by atoms with van der Waals surface area (Å²) in [6.45, 7) is 6.65. The van der Waals surface area contributed by atoms with Gasteiger partial charge in [0.1, 0.15) is 5.82 Å². The molecule has 0 amide bonds. The molecule has 2 saturated heterocycles. The highest BCUT2D eigenvalue weighted by Crippen LogP contribution is 2.44. The first-order chi connectivity index (χ1) is 15.2. The van der Waals surface area contributed by atoms with Gasteiger partial charge in [-0.05, 0) is 54.3 Å². The molecule has 1 unspecified atom stereocenters. The zero-order valence-corrected chi connectivity index (χ0v) is 19.1. The quantitative estimate of drug-likeness (QED) is 0.636. The monoisotopic (exact) mass is 462 g/mol. The van der Waals surface area contributed by atoms with Crippen LogP contribution in [-0.2, 0) is 15.9 Å². The molecule has 0 N–H and O–H groups in total. The maximum absolute atomic E-state index is 14.1. The molecule has 4 nitrogen and oxygen atoms in total. The smallest absolute Gasteiger partial charge is 0.158 e. The van der Waals surface area contributed by atoms with Crippen molar-refractivity contribution < 1.29 is 13.9 Å². The van der Waals surface area contributed by atoms with E-state index in [0.717, 1.165) is 75.1 Å². The molecular formula is C24H28ClFN2O2S. The van der Waals surface area contributed by atoms with E-state index in [0.29, 0.717) is 0 Å². The molecule has 3 aliphatic heterocycles. The second-order valence-electron chi connectivity index (χ2n) is 8.45. The Morgan fingerprint density at radius 1 is 1.00 bits per heavy atom. The predicted molar refractivity (Wildman–Crippen MR) is 121 cm³/mol. The van der Waals surface area contributed by atoms with Crippen molar-refractivity contribution in [3.05, 3.63) is 58.4 Å². The third kappa shape index (κ3) is 5.10. The van der Waals surface area contributed by atoms with Crippen LogP contribution < -0.4 is 0 Å². The fourth-order valence-electron chi connectivity index (χ4n) is 4.73. The van der Waals surface area contributed by atoms with E-state index in [1.165, 1.54) is 16.0 Å². The molecule has 1 atom stereocenters. The van der Waals surface area contributed by atoms with Gasteiger partial charge in [-0.3, -0.25) is 4.90 Å². The Hall–Kier alpha value is -1.15. The Morgan fingerprint density at radius 2 is 1.81 bits per heavy atom. The number of nitrogens with zero attached hydrogens (tertiary/aromatic N) is 2. The van der Waals surface area contributed by atoms with Crippen LogP contribution in [0.25, 0.3) is 0 Å². The first kappa shape index (κ1) is 21.7. The number of halogens is 2. The standard InChI is InChI=1S/C24H28ClFN2O2S/c25-18-2-5-22-17(14-18)15-21(20-4-3-19(26)16-23(20)31-22)28-10-8-27(9-11-28)7-6-24-29-12-1-13-30-24/h2-5,14,16,21,24H,1,6-13,15H2. The van der Waals surface area contributed by atoms with Gasteiger partial charge in [-0.1, -0.05) is 29.4 Å². The lowest BCUT2D eigenvalue weighted by Gasteiger charge is -2.40. The highest BCUT2D eigenvalue weighted by atomic mass is 35.5. The normalized spacial score (nSPS) is 23.2. The molecule has 2 fully saturated rings. The van der Waals surface area contributed by atoms with Gasteiger partial charge in [0, 0.05) is 60.0 Å². The summed E-state index contributed by atoms with van der Waals surface area (Å²) in [7, 11) is 0. The Bertz CT molecular complexity index is 916. The average Bonchev–Trinajstić information content (AvgIpc) is 2.94. The maximum Gasteiger partial charge on any atom is 0.158 e. The lowest BCUT2D eigenvalue weighted by atomic mass is 9.96. The minimum Gasteiger partial charge on any atom is -0.353 e. The van der Waals surface area contributed by atoms with Crippen molar-refractivity contribution in [1.29, 1.82) is 0 Å². The Labute approximate surface area is 192 Å². The first-order valence-corrected chi connectivity index (χ1v) is 12.3. The highest BCUT2D eigenvalue weighted by Gasteiger charge is 2.30. The molecule has 2 aromatic carbocycles. The molecule has 2 aromatic rings. The predicted octanol–water partition coefficient (Wildman–Crippen LogP) is 5.00. The second kappa shape index (κ2) is 9.77. The van der Waals surface area contributed by atoms with E-state index >= 15 is 0 Å². The summed E-state index contributed by atoms with van der Waals surface area (Å²) in [5.74, 6) is -0.181. The van der Waals surface area contributed by atoms with Gasteiger partial charge in [-0.2, -0.15) is 0 Å². The number of piperazine rings is 1. The van der Waals surface area contributed by atoms with Crippen molar-refractivity contribution in [1.82, 2.24) is 9.80 Å². The van der Waals surface area contributed by atoms with E-state index in [1.807, 2.05) is 12.1 Å². The number of fused-ring (bicyclic) bond motifs is 2. The fraction of sp³-hybridized carbons (Fsp3) is 0.500. The van der Waals surface area contributed by atoms with E-state index in [4.69, 9.17) is 21.1 Å². The van der Waals surface area contributed by atoms with Crippen LogP contribution in [0, 0.1) is 5.82 Å². The molecule has 0 saturated carbocycles. The molecule has 0 radical (unpaired) electrons. The summed E-state index contributed by atoms with van der Waals surface area (Å²) in [4.78, 5) is 7.24.